The molecule has 0 unspecified atom stereocenters. The fourth-order valence-corrected chi connectivity index (χ4v) is 3.04. The first-order chi connectivity index (χ1) is 10.8. The predicted octanol–water partition coefficient (Wildman–Crippen LogP) is 2.56. The van der Waals surface area contributed by atoms with E-state index >= 15 is 0 Å². The summed E-state index contributed by atoms with van der Waals surface area (Å²) >= 11 is 0. The largest absolute Gasteiger partial charge is 0.349 e. The van der Waals surface area contributed by atoms with Gasteiger partial charge in [-0.15, -0.1) is 0 Å². The molecule has 118 valence electrons. The third-order valence-electron chi connectivity index (χ3n) is 4.45. The van der Waals surface area contributed by atoms with Gasteiger partial charge >= 0.3 is 0 Å². The third-order valence-corrected chi connectivity index (χ3v) is 4.45. The molecule has 1 amide bonds. The zero-order valence-electron chi connectivity index (χ0n) is 13.1. The van der Waals surface area contributed by atoms with Gasteiger partial charge in [0.1, 0.15) is 0 Å². The van der Waals surface area contributed by atoms with Gasteiger partial charge < -0.3 is 10.2 Å². The number of rotatable bonds is 5. The van der Waals surface area contributed by atoms with Crippen LogP contribution in [0.25, 0.3) is 10.9 Å². The fourth-order valence-electron chi connectivity index (χ4n) is 3.04. The van der Waals surface area contributed by atoms with Gasteiger partial charge in [0, 0.05) is 30.1 Å². The van der Waals surface area contributed by atoms with Gasteiger partial charge in [-0.3, -0.25) is 9.89 Å². The second-order valence-corrected chi connectivity index (χ2v) is 6.11. The van der Waals surface area contributed by atoms with E-state index < -0.39 is 0 Å². The fraction of sp³-hybridized carbons (Fsp3) is 0.529. The Morgan fingerprint density at radius 3 is 3.00 bits per heavy atom. The van der Waals surface area contributed by atoms with Crippen molar-refractivity contribution < 1.29 is 4.79 Å². The summed E-state index contributed by atoms with van der Waals surface area (Å²) in [7, 11) is 0. The van der Waals surface area contributed by atoms with E-state index in [-0.39, 0.29) is 5.91 Å². The van der Waals surface area contributed by atoms with Crippen LogP contribution in [0.1, 0.15) is 43.0 Å². The molecule has 5 nitrogen and oxygen atoms in total. The van der Waals surface area contributed by atoms with Crippen LogP contribution in [0.2, 0.25) is 0 Å². The second-order valence-electron chi connectivity index (χ2n) is 6.11. The number of carbonyl (C=O) groups excluding carboxylic acids is 1. The van der Waals surface area contributed by atoms with Gasteiger partial charge in [0.25, 0.3) is 5.91 Å². The zero-order chi connectivity index (χ0) is 15.4. The van der Waals surface area contributed by atoms with Crippen LogP contribution in [0.3, 0.4) is 0 Å². The molecule has 2 heterocycles. The van der Waals surface area contributed by atoms with E-state index in [1.807, 2.05) is 18.2 Å². The molecule has 5 heteroatoms. The molecule has 1 aromatic heterocycles. The number of amides is 1. The van der Waals surface area contributed by atoms with Gasteiger partial charge in [-0.25, -0.2) is 0 Å². The van der Waals surface area contributed by atoms with Crippen LogP contribution >= 0.6 is 0 Å². The average molecular weight is 300 g/mol. The minimum Gasteiger partial charge on any atom is -0.349 e. The van der Waals surface area contributed by atoms with Crippen LogP contribution in [-0.2, 0) is 0 Å². The maximum atomic E-state index is 12.4. The van der Waals surface area contributed by atoms with Crippen LogP contribution in [0.5, 0.6) is 0 Å². The van der Waals surface area contributed by atoms with Gasteiger partial charge in [0.05, 0.1) is 11.7 Å². The van der Waals surface area contributed by atoms with E-state index in [0.717, 1.165) is 36.8 Å². The Bertz CT molecular complexity index is 628. The number of fused-ring (bicyclic) bond motifs is 1. The summed E-state index contributed by atoms with van der Waals surface area (Å²) in [5.74, 6) is 0.0232. The molecule has 0 bridgehead atoms. The molecular weight excluding hydrogens is 276 g/mol. The van der Waals surface area contributed by atoms with Crippen molar-refractivity contribution in [2.24, 2.45) is 0 Å². The Balaban J connectivity index is 1.54. The van der Waals surface area contributed by atoms with Crippen molar-refractivity contribution in [2.75, 3.05) is 19.6 Å². The van der Waals surface area contributed by atoms with Gasteiger partial charge in [-0.2, -0.15) is 5.10 Å². The predicted molar refractivity (Wildman–Crippen MR) is 87.9 cm³/mol. The highest BCUT2D eigenvalue weighted by atomic mass is 16.1. The molecule has 22 heavy (non-hydrogen) atoms. The maximum absolute atomic E-state index is 12.4. The summed E-state index contributed by atoms with van der Waals surface area (Å²) in [6.45, 7) is 5.59. The lowest BCUT2D eigenvalue weighted by molar-refractivity contribution is 0.0911. The van der Waals surface area contributed by atoms with Crippen LogP contribution in [0.4, 0.5) is 0 Å². The first-order valence-electron chi connectivity index (χ1n) is 8.22. The molecular formula is C17H24N4O. The van der Waals surface area contributed by atoms with Gasteiger partial charge in [-0.1, -0.05) is 13.3 Å². The van der Waals surface area contributed by atoms with Crippen molar-refractivity contribution in [1.82, 2.24) is 20.4 Å². The normalized spacial score (nSPS) is 17.0. The van der Waals surface area contributed by atoms with Crippen molar-refractivity contribution >= 4 is 16.8 Å². The molecule has 0 atom stereocenters. The molecule has 0 aliphatic carbocycles. The summed E-state index contributed by atoms with van der Waals surface area (Å²) in [6.07, 6.45) is 6.35. The number of nitrogens with zero attached hydrogens (tertiary/aromatic N) is 2. The number of carbonyl (C=O) groups is 1. The van der Waals surface area contributed by atoms with E-state index in [9.17, 15) is 4.79 Å². The standard InChI is InChI=1S/C17H24N4O/c1-2-3-8-21-9-6-15(7-10-21)19-17(22)13-4-5-16-14(11-13)12-18-20-16/h4-5,11-12,15H,2-3,6-10H2,1H3,(H,18,20)(H,19,22). The lowest BCUT2D eigenvalue weighted by atomic mass is 10.0. The Hall–Kier alpha value is -1.88. The van der Waals surface area contributed by atoms with Gasteiger partial charge in [0.15, 0.2) is 0 Å². The molecule has 0 radical (unpaired) electrons. The monoisotopic (exact) mass is 300 g/mol. The van der Waals surface area contributed by atoms with E-state index in [2.05, 4.69) is 27.3 Å². The Morgan fingerprint density at radius 1 is 1.41 bits per heavy atom. The van der Waals surface area contributed by atoms with Crippen molar-refractivity contribution in [2.45, 2.75) is 38.6 Å². The summed E-state index contributed by atoms with van der Waals surface area (Å²) < 4.78 is 0. The molecule has 2 aromatic rings. The molecule has 1 aromatic carbocycles. The number of benzene rings is 1. The maximum Gasteiger partial charge on any atom is 0.251 e. The molecule has 2 N–H and O–H groups in total. The van der Waals surface area contributed by atoms with Gasteiger partial charge in [-0.05, 0) is 44.0 Å². The van der Waals surface area contributed by atoms with Crippen molar-refractivity contribution in [3.05, 3.63) is 30.0 Å². The summed E-state index contributed by atoms with van der Waals surface area (Å²) in [6, 6.07) is 5.95. The molecule has 1 aliphatic heterocycles. The van der Waals surface area contributed by atoms with Gasteiger partial charge in [0.2, 0.25) is 0 Å². The van der Waals surface area contributed by atoms with Crippen LogP contribution in [-0.4, -0.2) is 46.7 Å². The van der Waals surface area contributed by atoms with Crippen molar-refractivity contribution in [3.63, 3.8) is 0 Å². The van der Waals surface area contributed by atoms with Crippen molar-refractivity contribution in [1.29, 1.82) is 0 Å². The number of hydrogen-bond donors (Lipinski definition) is 2. The SMILES string of the molecule is CCCCN1CCC(NC(=O)c2ccc3[nH]ncc3c2)CC1. The Labute approximate surface area is 131 Å². The van der Waals surface area contributed by atoms with E-state index in [4.69, 9.17) is 0 Å². The summed E-state index contributed by atoms with van der Waals surface area (Å²) in [4.78, 5) is 14.9. The summed E-state index contributed by atoms with van der Waals surface area (Å²) in [5.41, 5.74) is 1.67. The quantitative estimate of drug-likeness (QED) is 0.892. The zero-order valence-corrected chi connectivity index (χ0v) is 13.1. The number of nitrogens with one attached hydrogen (secondary N) is 2. The molecule has 0 spiro atoms. The molecule has 1 fully saturated rings. The molecule has 0 saturated carbocycles. The number of piperidine rings is 1. The first kappa shape index (κ1) is 15.0. The molecule has 1 aliphatic rings. The lowest BCUT2D eigenvalue weighted by Gasteiger charge is -2.32. The van der Waals surface area contributed by atoms with E-state index in [1.165, 1.54) is 19.4 Å². The van der Waals surface area contributed by atoms with Crippen LogP contribution < -0.4 is 5.32 Å². The Morgan fingerprint density at radius 2 is 2.23 bits per heavy atom. The number of likely N-dealkylation sites (tertiary alicyclic amines) is 1. The highest BCUT2D eigenvalue weighted by Crippen LogP contribution is 2.15. The first-order valence-corrected chi connectivity index (χ1v) is 8.22. The third kappa shape index (κ3) is 3.47. The topological polar surface area (TPSA) is 61.0 Å². The van der Waals surface area contributed by atoms with E-state index in [0.29, 0.717) is 11.6 Å². The Kier molecular flexibility index (Phi) is 4.73. The smallest absolute Gasteiger partial charge is 0.251 e. The molecule has 3 rings (SSSR count). The lowest BCUT2D eigenvalue weighted by Crippen LogP contribution is -2.44. The average Bonchev–Trinajstić information content (AvgIpc) is 3.01. The second kappa shape index (κ2) is 6.92. The number of unbranched alkanes of at least 4 members (excludes halogenated alkanes) is 1. The number of hydrogen-bond acceptors (Lipinski definition) is 3. The minimum absolute atomic E-state index is 0.0232. The summed E-state index contributed by atoms with van der Waals surface area (Å²) in [5, 5.41) is 11.0. The van der Waals surface area contributed by atoms with Crippen LogP contribution in [0.15, 0.2) is 24.4 Å². The van der Waals surface area contributed by atoms with E-state index in [1.54, 1.807) is 6.20 Å². The number of H-pyrrole nitrogens is 1. The van der Waals surface area contributed by atoms with Crippen molar-refractivity contribution in [3.8, 4) is 0 Å². The van der Waals surface area contributed by atoms with Crippen LogP contribution in [0, 0.1) is 0 Å². The number of aromatic amines is 1. The highest BCUT2D eigenvalue weighted by Gasteiger charge is 2.20. The molecule has 1 saturated heterocycles. The minimum atomic E-state index is 0.0232. The number of aromatic nitrogens is 2. The highest BCUT2D eigenvalue weighted by molar-refractivity contribution is 5.97.